The number of rotatable bonds is 4. The first-order valence-corrected chi connectivity index (χ1v) is 6.76. The molecular formula is C13H12F4N2S. The van der Waals surface area contributed by atoms with Crippen LogP contribution in [0.5, 0.6) is 0 Å². The number of benzene rings is 1. The fourth-order valence-corrected chi connectivity index (χ4v) is 2.47. The lowest BCUT2D eigenvalue weighted by Crippen LogP contribution is -2.11. The molecule has 0 unspecified atom stereocenters. The number of halogens is 4. The van der Waals surface area contributed by atoms with Gasteiger partial charge in [-0.3, -0.25) is 0 Å². The summed E-state index contributed by atoms with van der Waals surface area (Å²) in [5.41, 5.74) is 0.957. The minimum Gasteiger partial charge on any atom is -0.313 e. The molecule has 1 aromatic heterocycles. The van der Waals surface area contributed by atoms with Gasteiger partial charge in [-0.05, 0) is 24.2 Å². The van der Waals surface area contributed by atoms with Crippen molar-refractivity contribution in [3.8, 4) is 10.4 Å². The monoisotopic (exact) mass is 304 g/mol. The molecule has 1 aromatic carbocycles. The maximum absolute atomic E-state index is 13.8. The van der Waals surface area contributed by atoms with Gasteiger partial charge in [0.05, 0.1) is 4.88 Å². The van der Waals surface area contributed by atoms with Gasteiger partial charge in [0.25, 0.3) is 0 Å². The Bertz CT molecular complexity index is 592. The molecule has 0 spiro atoms. The third kappa shape index (κ3) is 3.34. The van der Waals surface area contributed by atoms with Gasteiger partial charge in [-0.1, -0.05) is 13.0 Å². The third-order valence-electron chi connectivity index (χ3n) is 2.62. The molecule has 0 aliphatic rings. The Balaban J connectivity index is 2.34. The van der Waals surface area contributed by atoms with Crippen molar-refractivity contribution in [3.05, 3.63) is 40.8 Å². The van der Waals surface area contributed by atoms with E-state index in [0.717, 1.165) is 18.3 Å². The summed E-state index contributed by atoms with van der Waals surface area (Å²) < 4.78 is 51.3. The second-order valence-electron chi connectivity index (χ2n) is 4.12. The first-order chi connectivity index (χ1) is 9.41. The van der Waals surface area contributed by atoms with Crippen molar-refractivity contribution in [2.24, 2.45) is 0 Å². The van der Waals surface area contributed by atoms with E-state index in [2.05, 4.69) is 10.3 Å². The Morgan fingerprint density at radius 1 is 1.30 bits per heavy atom. The van der Waals surface area contributed by atoms with E-state index in [1.807, 2.05) is 6.92 Å². The minimum absolute atomic E-state index is 0.147. The molecule has 108 valence electrons. The molecule has 0 bridgehead atoms. The van der Waals surface area contributed by atoms with Crippen LogP contribution in [-0.4, -0.2) is 11.5 Å². The van der Waals surface area contributed by atoms with Crippen LogP contribution >= 0.6 is 11.3 Å². The molecule has 7 heteroatoms. The summed E-state index contributed by atoms with van der Waals surface area (Å²) in [7, 11) is 0. The van der Waals surface area contributed by atoms with Crippen molar-refractivity contribution in [3.63, 3.8) is 0 Å². The molecule has 1 N–H and O–H groups in total. The van der Waals surface area contributed by atoms with Crippen LogP contribution < -0.4 is 5.32 Å². The van der Waals surface area contributed by atoms with Gasteiger partial charge >= 0.3 is 6.18 Å². The highest BCUT2D eigenvalue weighted by atomic mass is 32.1. The number of nitrogens with zero attached hydrogens (tertiary/aromatic N) is 1. The third-order valence-corrected chi connectivity index (χ3v) is 3.70. The van der Waals surface area contributed by atoms with Crippen molar-refractivity contribution in [1.82, 2.24) is 10.3 Å². The van der Waals surface area contributed by atoms with Crippen molar-refractivity contribution >= 4 is 11.3 Å². The Labute approximate surface area is 117 Å². The molecule has 0 aliphatic carbocycles. The summed E-state index contributed by atoms with van der Waals surface area (Å²) in [5, 5.41) is 2.11. The highest BCUT2D eigenvalue weighted by Gasteiger charge is 2.34. The molecule has 0 amide bonds. The summed E-state index contributed by atoms with van der Waals surface area (Å²) in [4.78, 5) is 3.48. The van der Waals surface area contributed by atoms with Crippen LogP contribution in [-0.2, 0) is 12.7 Å². The lowest BCUT2D eigenvalue weighted by atomic mass is 10.1. The molecule has 0 atom stereocenters. The molecule has 2 aromatic rings. The van der Waals surface area contributed by atoms with Crippen LogP contribution in [0.3, 0.4) is 0 Å². The summed E-state index contributed by atoms with van der Waals surface area (Å²) in [6, 6.07) is 4.41. The second kappa shape index (κ2) is 5.88. The minimum atomic E-state index is -4.50. The molecule has 0 saturated carbocycles. The van der Waals surface area contributed by atoms with Gasteiger partial charge in [-0.15, -0.1) is 11.3 Å². The van der Waals surface area contributed by atoms with Crippen LogP contribution in [0.1, 0.15) is 17.5 Å². The molecule has 0 fully saturated rings. The fraction of sp³-hybridized carbons (Fsp3) is 0.308. The summed E-state index contributed by atoms with van der Waals surface area (Å²) in [5.74, 6) is -0.553. The smallest absolute Gasteiger partial charge is 0.313 e. The molecule has 2 nitrogen and oxygen atoms in total. The predicted octanol–water partition coefficient (Wildman–Crippen LogP) is 4.08. The average Bonchev–Trinajstić information content (AvgIpc) is 2.87. The van der Waals surface area contributed by atoms with E-state index in [-0.39, 0.29) is 10.4 Å². The molecule has 20 heavy (non-hydrogen) atoms. The fourth-order valence-electron chi connectivity index (χ4n) is 1.67. The normalized spacial score (nSPS) is 11.8. The lowest BCUT2D eigenvalue weighted by molar-refractivity contribution is -0.137. The van der Waals surface area contributed by atoms with Gasteiger partial charge in [0.2, 0.25) is 0 Å². The van der Waals surface area contributed by atoms with E-state index in [4.69, 9.17) is 0 Å². The lowest BCUT2D eigenvalue weighted by Gasteiger charge is -2.05. The van der Waals surface area contributed by atoms with Gasteiger partial charge in [0, 0.05) is 18.3 Å². The van der Waals surface area contributed by atoms with Crippen LogP contribution in [0.4, 0.5) is 17.6 Å². The molecule has 0 radical (unpaired) electrons. The zero-order valence-corrected chi connectivity index (χ0v) is 11.4. The Kier molecular flexibility index (Phi) is 4.39. The van der Waals surface area contributed by atoms with Gasteiger partial charge in [-0.25, -0.2) is 9.37 Å². The van der Waals surface area contributed by atoms with Gasteiger partial charge in [0.15, 0.2) is 5.01 Å². The summed E-state index contributed by atoms with van der Waals surface area (Å²) >= 11 is 0.443. The largest absolute Gasteiger partial charge is 0.443 e. The van der Waals surface area contributed by atoms with E-state index in [1.165, 1.54) is 6.07 Å². The summed E-state index contributed by atoms with van der Waals surface area (Å²) in [6.07, 6.45) is -3.44. The van der Waals surface area contributed by atoms with Crippen LogP contribution in [0.2, 0.25) is 0 Å². The Morgan fingerprint density at radius 3 is 2.65 bits per heavy atom. The van der Waals surface area contributed by atoms with E-state index < -0.39 is 17.0 Å². The van der Waals surface area contributed by atoms with E-state index in [1.54, 1.807) is 12.1 Å². The van der Waals surface area contributed by atoms with Gasteiger partial charge < -0.3 is 5.32 Å². The van der Waals surface area contributed by atoms with Crippen LogP contribution in [0.15, 0.2) is 24.4 Å². The zero-order chi connectivity index (χ0) is 14.8. The standard InChI is InChI=1S/C13H12F4N2S/c1-2-18-6-8-3-4-10(14)9(5-8)11-7-19-12(20-11)13(15,16)17/h3-5,7,18H,2,6H2,1H3. The number of thiazole rings is 1. The van der Waals surface area contributed by atoms with Crippen molar-refractivity contribution in [1.29, 1.82) is 0 Å². The predicted molar refractivity (Wildman–Crippen MR) is 69.9 cm³/mol. The van der Waals surface area contributed by atoms with Crippen molar-refractivity contribution in [2.45, 2.75) is 19.6 Å². The van der Waals surface area contributed by atoms with Crippen molar-refractivity contribution < 1.29 is 17.6 Å². The summed E-state index contributed by atoms with van der Waals surface area (Å²) in [6.45, 7) is 3.23. The quantitative estimate of drug-likeness (QED) is 0.861. The highest BCUT2D eigenvalue weighted by molar-refractivity contribution is 7.15. The first kappa shape index (κ1) is 14.9. The van der Waals surface area contributed by atoms with E-state index in [9.17, 15) is 17.6 Å². The SMILES string of the molecule is CCNCc1ccc(F)c(-c2cnc(C(F)(F)F)s2)c1. The molecule has 1 heterocycles. The Morgan fingerprint density at radius 2 is 2.05 bits per heavy atom. The van der Waals surface area contributed by atoms with E-state index in [0.29, 0.717) is 17.9 Å². The van der Waals surface area contributed by atoms with Gasteiger partial charge in [-0.2, -0.15) is 13.2 Å². The molecular weight excluding hydrogens is 292 g/mol. The average molecular weight is 304 g/mol. The molecule has 0 aliphatic heterocycles. The van der Waals surface area contributed by atoms with Gasteiger partial charge in [0.1, 0.15) is 5.82 Å². The second-order valence-corrected chi connectivity index (χ2v) is 5.15. The topological polar surface area (TPSA) is 24.9 Å². The number of nitrogens with one attached hydrogen (secondary N) is 1. The van der Waals surface area contributed by atoms with E-state index >= 15 is 0 Å². The van der Waals surface area contributed by atoms with Crippen LogP contribution in [0, 0.1) is 5.82 Å². The maximum Gasteiger partial charge on any atom is 0.443 e. The Hall–Kier alpha value is -1.47. The number of aromatic nitrogens is 1. The maximum atomic E-state index is 13.8. The van der Waals surface area contributed by atoms with Crippen LogP contribution in [0.25, 0.3) is 10.4 Å². The zero-order valence-electron chi connectivity index (χ0n) is 10.6. The molecule has 2 rings (SSSR count). The first-order valence-electron chi connectivity index (χ1n) is 5.94. The highest BCUT2D eigenvalue weighted by Crippen LogP contribution is 2.37. The molecule has 0 saturated heterocycles. The number of hydrogen-bond donors (Lipinski definition) is 1. The number of hydrogen-bond acceptors (Lipinski definition) is 3. The van der Waals surface area contributed by atoms with Crippen molar-refractivity contribution in [2.75, 3.05) is 6.54 Å². The number of alkyl halides is 3.